The van der Waals surface area contributed by atoms with E-state index in [0.717, 1.165) is 0 Å². The van der Waals surface area contributed by atoms with Crippen molar-refractivity contribution in [1.29, 1.82) is 5.26 Å². The lowest BCUT2D eigenvalue weighted by molar-refractivity contribution is -0.118. The number of nitrogens with zero attached hydrogens (tertiary/aromatic N) is 1. The van der Waals surface area contributed by atoms with Crippen molar-refractivity contribution in [1.82, 2.24) is 0 Å². The summed E-state index contributed by atoms with van der Waals surface area (Å²) in [5, 5.41) is 24.0. The number of anilines is 2. The van der Waals surface area contributed by atoms with Crippen molar-refractivity contribution in [2.75, 3.05) is 23.8 Å². The van der Waals surface area contributed by atoms with Gasteiger partial charge in [0.2, 0.25) is 0 Å². The van der Waals surface area contributed by atoms with Crippen LogP contribution in [0.25, 0.3) is 6.08 Å². The van der Waals surface area contributed by atoms with Crippen LogP contribution in [-0.2, 0) is 9.59 Å². The summed E-state index contributed by atoms with van der Waals surface area (Å²) in [6.45, 7) is 1.86. The van der Waals surface area contributed by atoms with E-state index in [1.165, 1.54) is 30.3 Å². The number of carbonyl (C=O) groups excluding carboxylic acids is 2. The maximum absolute atomic E-state index is 12.7. The molecule has 0 aliphatic rings. The molecule has 0 fully saturated rings. The highest BCUT2D eigenvalue weighted by Crippen LogP contribution is 2.35. The highest BCUT2D eigenvalue weighted by Gasteiger charge is 2.16. The molecular formula is C27H22IN3O6. The van der Waals surface area contributed by atoms with Gasteiger partial charge in [-0.3, -0.25) is 9.59 Å². The minimum absolute atomic E-state index is 0.00392. The maximum Gasteiger partial charge on any atom is 0.335 e. The Balaban J connectivity index is 1.78. The van der Waals surface area contributed by atoms with Crippen LogP contribution in [0.15, 0.2) is 72.3 Å². The van der Waals surface area contributed by atoms with Crippen molar-refractivity contribution in [2.45, 2.75) is 6.92 Å². The summed E-state index contributed by atoms with van der Waals surface area (Å²) in [6.07, 6.45) is 1.38. The van der Waals surface area contributed by atoms with Crippen molar-refractivity contribution in [3.05, 3.63) is 87.0 Å². The van der Waals surface area contributed by atoms with Crippen molar-refractivity contribution in [3.8, 4) is 17.6 Å². The Labute approximate surface area is 226 Å². The fourth-order valence-corrected chi connectivity index (χ4v) is 3.96. The first-order valence-electron chi connectivity index (χ1n) is 11.0. The molecule has 0 radical (unpaired) electrons. The third kappa shape index (κ3) is 7.81. The van der Waals surface area contributed by atoms with Gasteiger partial charge in [-0.25, -0.2) is 4.79 Å². The van der Waals surface area contributed by atoms with E-state index in [1.807, 2.05) is 46.9 Å². The summed E-state index contributed by atoms with van der Waals surface area (Å²) < 4.78 is 12.0. The van der Waals surface area contributed by atoms with E-state index < -0.39 is 11.9 Å². The second-order valence-electron chi connectivity index (χ2n) is 7.48. The van der Waals surface area contributed by atoms with Crippen LogP contribution in [0.5, 0.6) is 11.5 Å². The van der Waals surface area contributed by atoms with E-state index >= 15 is 0 Å². The largest absolute Gasteiger partial charge is 0.490 e. The van der Waals surface area contributed by atoms with Gasteiger partial charge in [-0.05, 0) is 83.6 Å². The van der Waals surface area contributed by atoms with Gasteiger partial charge in [0.25, 0.3) is 11.8 Å². The van der Waals surface area contributed by atoms with Crippen LogP contribution in [0.1, 0.15) is 22.8 Å². The van der Waals surface area contributed by atoms with E-state index in [-0.39, 0.29) is 29.3 Å². The number of carbonyl (C=O) groups is 3. The Morgan fingerprint density at radius 1 is 1.00 bits per heavy atom. The summed E-state index contributed by atoms with van der Waals surface area (Å²) in [7, 11) is 0. The van der Waals surface area contributed by atoms with Gasteiger partial charge in [-0.2, -0.15) is 5.26 Å². The maximum atomic E-state index is 12.7. The topological polar surface area (TPSA) is 138 Å². The van der Waals surface area contributed by atoms with Gasteiger partial charge in [-0.15, -0.1) is 0 Å². The van der Waals surface area contributed by atoms with E-state index in [0.29, 0.717) is 32.9 Å². The molecule has 0 bridgehead atoms. The van der Waals surface area contributed by atoms with E-state index in [4.69, 9.17) is 14.6 Å². The Kier molecular flexibility index (Phi) is 9.62. The molecule has 9 nitrogen and oxygen atoms in total. The molecule has 37 heavy (non-hydrogen) atoms. The molecule has 3 N–H and O–H groups in total. The Morgan fingerprint density at radius 2 is 1.73 bits per heavy atom. The predicted octanol–water partition coefficient (Wildman–Crippen LogP) is 4.95. The molecule has 3 aromatic carbocycles. The van der Waals surface area contributed by atoms with E-state index in [1.54, 1.807) is 31.2 Å². The van der Waals surface area contributed by atoms with Crippen LogP contribution in [0.3, 0.4) is 0 Å². The highest BCUT2D eigenvalue weighted by atomic mass is 127. The molecule has 10 heteroatoms. The first-order chi connectivity index (χ1) is 17.8. The first kappa shape index (κ1) is 27.2. The third-order valence-corrected chi connectivity index (χ3v) is 5.58. The molecule has 3 aromatic rings. The molecule has 0 atom stereocenters. The molecule has 3 rings (SSSR count). The van der Waals surface area contributed by atoms with Gasteiger partial charge in [-0.1, -0.05) is 24.3 Å². The number of nitriles is 1. The number of ether oxygens (including phenoxy) is 2. The van der Waals surface area contributed by atoms with Crippen LogP contribution in [0.2, 0.25) is 0 Å². The molecule has 0 saturated heterocycles. The summed E-state index contributed by atoms with van der Waals surface area (Å²) in [6, 6.07) is 19.8. The minimum Gasteiger partial charge on any atom is -0.490 e. The second-order valence-corrected chi connectivity index (χ2v) is 8.64. The fraction of sp³-hybridized carbons (Fsp3) is 0.111. The average molecular weight is 611 g/mol. The quantitative estimate of drug-likeness (QED) is 0.168. The number of nitrogens with one attached hydrogen (secondary N) is 2. The molecule has 188 valence electrons. The zero-order valence-corrected chi connectivity index (χ0v) is 21.8. The van der Waals surface area contributed by atoms with Gasteiger partial charge in [0.1, 0.15) is 11.6 Å². The Hall–Kier alpha value is -4.37. The van der Waals surface area contributed by atoms with E-state index in [9.17, 15) is 19.6 Å². The highest BCUT2D eigenvalue weighted by molar-refractivity contribution is 14.1. The molecule has 0 aromatic heterocycles. The lowest BCUT2D eigenvalue weighted by Gasteiger charge is -2.15. The number of amides is 2. The Bertz CT molecular complexity index is 1380. The smallest absolute Gasteiger partial charge is 0.335 e. The molecular weight excluding hydrogens is 589 g/mol. The lowest BCUT2D eigenvalue weighted by atomic mass is 10.1. The fourth-order valence-electron chi connectivity index (χ4n) is 3.17. The van der Waals surface area contributed by atoms with Crippen LogP contribution in [0, 0.1) is 14.9 Å². The van der Waals surface area contributed by atoms with Gasteiger partial charge < -0.3 is 25.2 Å². The minimum atomic E-state index is -1.13. The number of carboxylic acids is 1. The summed E-state index contributed by atoms with van der Waals surface area (Å²) in [5.41, 5.74) is 1.19. The van der Waals surface area contributed by atoms with Crippen molar-refractivity contribution in [3.63, 3.8) is 0 Å². The van der Waals surface area contributed by atoms with Gasteiger partial charge >= 0.3 is 5.97 Å². The zero-order chi connectivity index (χ0) is 26.8. The van der Waals surface area contributed by atoms with Crippen molar-refractivity contribution in [2.24, 2.45) is 0 Å². The molecule has 0 spiro atoms. The van der Waals surface area contributed by atoms with Gasteiger partial charge in [0, 0.05) is 11.4 Å². The summed E-state index contributed by atoms with van der Waals surface area (Å²) >= 11 is 2.02. The van der Waals surface area contributed by atoms with Crippen molar-refractivity contribution < 1.29 is 29.0 Å². The van der Waals surface area contributed by atoms with Crippen LogP contribution in [0.4, 0.5) is 11.4 Å². The predicted molar refractivity (Wildman–Crippen MR) is 147 cm³/mol. The molecule has 0 saturated carbocycles. The zero-order valence-electron chi connectivity index (χ0n) is 19.7. The monoisotopic (exact) mass is 611 g/mol. The van der Waals surface area contributed by atoms with Crippen LogP contribution in [-0.4, -0.2) is 36.1 Å². The van der Waals surface area contributed by atoms with Crippen LogP contribution < -0.4 is 20.1 Å². The number of aromatic carboxylic acids is 1. The number of hydrogen-bond acceptors (Lipinski definition) is 6. The van der Waals surface area contributed by atoms with Crippen molar-refractivity contribution >= 4 is 57.8 Å². The summed E-state index contributed by atoms with van der Waals surface area (Å²) in [4.78, 5) is 36.1. The summed E-state index contributed by atoms with van der Waals surface area (Å²) in [5.74, 6) is -1.47. The lowest BCUT2D eigenvalue weighted by Crippen LogP contribution is -2.20. The van der Waals surface area contributed by atoms with Gasteiger partial charge in [0.05, 0.1) is 15.7 Å². The molecule has 2 amide bonds. The molecule has 0 unspecified atom stereocenters. The second kappa shape index (κ2) is 13.1. The molecule has 0 aliphatic carbocycles. The third-order valence-electron chi connectivity index (χ3n) is 4.78. The molecule has 0 aliphatic heterocycles. The van der Waals surface area contributed by atoms with Gasteiger partial charge in [0.15, 0.2) is 18.1 Å². The van der Waals surface area contributed by atoms with E-state index in [2.05, 4.69) is 10.6 Å². The number of benzene rings is 3. The van der Waals surface area contributed by atoms with Crippen LogP contribution >= 0.6 is 22.6 Å². The molecule has 0 heterocycles. The average Bonchev–Trinajstić information content (AvgIpc) is 2.87. The number of halogens is 1. The first-order valence-corrected chi connectivity index (χ1v) is 12.1. The Morgan fingerprint density at radius 3 is 2.41 bits per heavy atom. The SMILES string of the molecule is CCOc1cc(/C=C(/C#N)C(=O)Nc2cccc(C(=O)O)c2)cc(I)c1OCC(=O)Nc1ccccc1. The number of para-hydroxylation sites is 1. The standard InChI is InChI=1S/C27H22IN3O6/c1-2-36-23-13-17(11-19(15-29)26(33)31-21-10-6-7-18(14-21)27(34)35)12-22(28)25(23)37-16-24(32)30-20-8-4-3-5-9-20/h3-14H,2,16H2,1H3,(H,30,32)(H,31,33)(H,34,35)/b19-11-. The number of carboxylic acid groups (broad SMARTS) is 1. The number of hydrogen-bond donors (Lipinski definition) is 3. The normalized spacial score (nSPS) is 10.7. The number of rotatable bonds is 10.